The Morgan fingerprint density at radius 1 is 1.21 bits per heavy atom. The van der Waals surface area contributed by atoms with Gasteiger partial charge in [-0.15, -0.1) is 0 Å². The lowest BCUT2D eigenvalue weighted by molar-refractivity contribution is 0.325. The second-order valence-electron chi connectivity index (χ2n) is 5.00. The third-order valence-electron chi connectivity index (χ3n) is 3.80. The maximum absolute atomic E-state index is 9.38. The Bertz CT molecular complexity index is 788. The topological polar surface area (TPSA) is 93.3 Å². The number of H-pyrrole nitrogens is 1. The number of nitrogens with two attached hydrogens (primary N) is 1. The van der Waals surface area contributed by atoms with Crippen LogP contribution in [0.4, 0.5) is 0 Å². The molecule has 0 amide bonds. The van der Waals surface area contributed by atoms with Gasteiger partial charge in [-0.2, -0.15) is 5.26 Å². The van der Waals surface area contributed by atoms with Gasteiger partial charge in [-0.25, -0.2) is 0 Å². The Kier molecular flexibility index (Phi) is 5.51. The first kappa shape index (κ1) is 17.4. The number of hydrogen-bond donors (Lipinski definition) is 2. The maximum atomic E-state index is 9.38. The SMILES string of the molecule is C=Cc1c(C#N)[nH]c(CCN)c1-c1ccc(OC)c(OC)c1OC. The Morgan fingerprint density at radius 3 is 2.42 bits per heavy atom. The molecule has 0 aliphatic carbocycles. The van der Waals surface area contributed by atoms with Gasteiger partial charge in [0.1, 0.15) is 11.8 Å². The van der Waals surface area contributed by atoms with Crippen LogP contribution in [-0.4, -0.2) is 32.9 Å². The smallest absolute Gasteiger partial charge is 0.203 e. The Labute approximate surface area is 141 Å². The molecule has 0 spiro atoms. The van der Waals surface area contributed by atoms with E-state index >= 15 is 0 Å². The summed E-state index contributed by atoms with van der Waals surface area (Å²) in [6.45, 7) is 4.28. The van der Waals surface area contributed by atoms with Gasteiger partial charge in [0.15, 0.2) is 11.5 Å². The van der Waals surface area contributed by atoms with Crippen molar-refractivity contribution in [2.45, 2.75) is 6.42 Å². The van der Waals surface area contributed by atoms with Crippen LogP contribution in [-0.2, 0) is 6.42 Å². The molecule has 2 rings (SSSR count). The number of aromatic amines is 1. The van der Waals surface area contributed by atoms with Gasteiger partial charge in [0.05, 0.1) is 21.3 Å². The fourth-order valence-electron chi connectivity index (χ4n) is 2.80. The highest BCUT2D eigenvalue weighted by Gasteiger charge is 2.23. The zero-order valence-electron chi connectivity index (χ0n) is 14.1. The van der Waals surface area contributed by atoms with E-state index in [9.17, 15) is 5.26 Å². The van der Waals surface area contributed by atoms with Gasteiger partial charge in [0, 0.05) is 28.8 Å². The van der Waals surface area contributed by atoms with E-state index in [0.29, 0.717) is 41.5 Å². The summed E-state index contributed by atoms with van der Waals surface area (Å²) in [5, 5.41) is 9.38. The van der Waals surface area contributed by atoms with Crippen LogP contribution < -0.4 is 19.9 Å². The molecule has 6 nitrogen and oxygen atoms in total. The first-order valence-electron chi connectivity index (χ1n) is 7.43. The van der Waals surface area contributed by atoms with Crippen molar-refractivity contribution >= 4 is 6.08 Å². The summed E-state index contributed by atoms with van der Waals surface area (Å²) < 4.78 is 16.3. The zero-order valence-corrected chi connectivity index (χ0v) is 14.1. The lowest BCUT2D eigenvalue weighted by Crippen LogP contribution is -2.04. The van der Waals surface area contributed by atoms with Crippen molar-refractivity contribution in [2.24, 2.45) is 5.73 Å². The fraction of sp³-hybridized carbons (Fsp3) is 0.278. The number of benzene rings is 1. The summed E-state index contributed by atoms with van der Waals surface area (Å²) in [7, 11) is 4.68. The predicted octanol–water partition coefficient (Wildman–Crippen LogP) is 2.72. The summed E-state index contributed by atoms with van der Waals surface area (Å²) in [4.78, 5) is 3.13. The average molecular weight is 327 g/mol. The summed E-state index contributed by atoms with van der Waals surface area (Å²) in [6, 6.07) is 5.83. The molecule has 0 atom stereocenters. The molecule has 0 radical (unpaired) electrons. The molecule has 3 N–H and O–H groups in total. The molecule has 6 heteroatoms. The van der Waals surface area contributed by atoms with Crippen LogP contribution in [0.5, 0.6) is 17.2 Å². The van der Waals surface area contributed by atoms with E-state index in [1.165, 1.54) is 0 Å². The van der Waals surface area contributed by atoms with E-state index < -0.39 is 0 Å². The first-order valence-corrected chi connectivity index (χ1v) is 7.43. The minimum atomic E-state index is 0.445. The molecule has 0 fully saturated rings. The van der Waals surface area contributed by atoms with E-state index in [2.05, 4.69) is 17.6 Å². The summed E-state index contributed by atoms with van der Waals surface area (Å²) >= 11 is 0. The van der Waals surface area contributed by atoms with Gasteiger partial charge in [-0.3, -0.25) is 0 Å². The van der Waals surface area contributed by atoms with Crippen LogP contribution >= 0.6 is 0 Å². The van der Waals surface area contributed by atoms with E-state index in [4.69, 9.17) is 19.9 Å². The highest BCUT2D eigenvalue weighted by molar-refractivity contribution is 5.86. The standard InChI is InChI=1S/C18H21N3O3/c1-5-11-14(10-20)21-13(8-9-19)16(11)12-6-7-15(22-2)18(24-4)17(12)23-3/h5-7,21H,1,8-9,19H2,2-4H3. The van der Waals surface area contributed by atoms with Crippen molar-refractivity contribution in [1.29, 1.82) is 5.26 Å². The molecule has 0 bridgehead atoms. The molecule has 24 heavy (non-hydrogen) atoms. The van der Waals surface area contributed by atoms with Crippen LogP contribution in [0.3, 0.4) is 0 Å². The van der Waals surface area contributed by atoms with Crippen molar-refractivity contribution in [1.82, 2.24) is 4.98 Å². The van der Waals surface area contributed by atoms with Crippen LogP contribution in [0.25, 0.3) is 17.2 Å². The van der Waals surface area contributed by atoms with Crippen molar-refractivity contribution < 1.29 is 14.2 Å². The van der Waals surface area contributed by atoms with Crippen molar-refractivity contribution in [3.05, 3.63) is 35.7 Å². The van der Waals surface area contributed by atoms with Gasteiger partial charge in [-0.1, -0.05) is 12.7 Å². The van der Waals surface area contributed by atoms with Gasteiger partial charge in [0.25, 0.3) is 0 Å². The summed E-state index contributed by atoms with van der Waals surface area (Å²) in [6.07, 6.45) is 2.25. The third-order valence-corrected chi connectivity index (χ3v) is 3.80. The fourth-order valence-corrected chi connectivity index (χ4v) is 2.80. The molecule has 126 valence electrons. The minimum Gasteiger partial charge on any atom is -0.493 e. The Morgan fingerprint density at radius 2 is 1.92 bits per heavy atom. The molecule has 0 saturated heterocycles. The van der Waals surface area contributed by atoms with Crippen LogP contribution in [0.2, 0.25) is 0 Å². The number of hydrogen-bond acceptors (Lipinski definition) is 5. The third kappa shape index (κ3) is 2.82. The molecule has 0 unspecified atom stereocenters. The van der Waals surface area contributed by atoms with Crippen molar-refractivity contribution in [2.75, 3.05) is 27.9 Å². The van der Waals surface area contributed by atoms with Gasteiger partial charge >= 0.3 is 0 Å². The maximum Gasteiger partial charge on any atom is 0.203 e. The molecule has 1 aromatic heterocycles. The van der Waals surface area contributed by atoms with E-state index in [0.717, 1.165) is 16.8 Å². The lowest BCUT2D eigenvalue weighted by Gasteiger charge is -2.16. The van der Waals surface area contributed by atoms with Gasteiger partial charge in [-0.05, 0) is 18.7 Å². The molecule has 0 saturated carbocycles. The quantitative estimate of drug-likeness (QED) is 0.815. The number of nitrogens with zero attached hydrogens (tertiary/aromatic N) is 1. The molecule has 1 aromatic carbocycles. The lowest BCUT2D eigenvalue weighted by atomic mass is 9.97. The monoisotopic (exact) mass is 327 g/mol. The number of nitrogens with one attached hydrogen (secondary N) is 1. The number of nitriles is 1. The number of aromatic nitrogens is 1. The number of methoxy groups -OCH3 is 3. The van der Waals surface area contributed by atoms with E-state index in [1.54, 1.807) is 33.5 Å². The Hall–Kier alpha value is -2.91. The molecule has 0 aliphatic rings. The minimum absolute atomic E-state index is 0.445. The van der Waals surface area contributed by atoms with Crippen molar-refractivity contribution in [3.8, 4) is 34.4 Å². The van der Waals surface area contributed by atoms with Crippen molar-refractivity contribution in [3.63, 3.8) is 0 Å². The highest BCUT2D eigenvalue weighted by atomic mass is 16.5. The second kappa shape index (κ2) is 7.57. The normalized spacial score (nSPS) is 10.1. The Balaban J connectivity index is 2.83. The van der Waals surface area contributed by atoms with E-state index in [-0.39, 0.29) is 0 Å². The van der Waals surface area contributed by atoms with Crippen LogP contribution in [0.15, 0.2) is 18.7 Å². The van der Waals surface area contributed by atoms with Gasteiger partial charge < -0.3 is 24.9 Å². The first-order chi connectivity index (χ1) is 11.7. The second-order valence-corrected chi connectivity index (χ2v) is 5.00. The summed E-state index contributed by atoms with van der Waals surface area (Å²) in [5.41, 5.74) is 9.35. The zero-order chi connectivity index (χ0) is 17.7. The number of rotatable bonds is 7. The largest absolute Gasteiger partial charge is 0.493 e. The average Bonchev–Trinajstić information content (AvgIpc) is 2.97. The molecular formula is C18H21N3O3. The molecule has 0 aliphatic heterocycles. The van der Waals surface area contributed by atoms with Crippen LogP contribution in [0.1, 0.15) is 17.0 Å². The molecule has 1 heterocycles. The summed E-state index contributed by atoms with van der Waals surface area (Å²) in [5.74, 6) is 1.59. The van der Waals surface area contributed by atoms with Gasteiger partial charge in [0.2, 0.25) is 5.75 Å². The van der Waals surface area contributed by atoms with Crippen LogP contribution in [0, 0.1) is 11.3 Å². The molecule has 2 aromatic rings. The predicted molar refractivity (Wildman–Crippen MR) is 93.4 cm³/mol. The molecular weight excluding hydrogens is 306 g/mol. The number of ether oxygens (including phenoxy) is 3. The van der Waals surface area contributed by atoms with E-state index in [1.807, 2.05) is 6.07 Å². The highest BCUT2D eigenvalue weighted by Crippen LogP contribution is 2.46.